The minimum atomic E-state index is -0.697. The Morgan fingerprint density at radius 2 is 1.38 bits per heavy atom. The normalized spacial score (nSPS) is 11.0. The molecule has 0 aliphatic rings. The van der Waals surface area contributed by atoms with Gasteiger partial charge in [0.05, 0.1) is 31.2 Å². The van der Waals surface area contributed by atoms with E-state index in [0.717, 1.165) is 24.3 Å². The minimum absolute atomic E-state index is 0.250. The van der Waals surface area contributed by atoms with E-state index in [9.17, 15) is 18.4 Å². The van der Waals surface area contributed by atoms with Crippen LogP contribution in [0.2, 0.25) is 0 Å². The number of carbonyl (C=O) groups excluding carboxylic acids is 2. The quantitative estimate of drug-likeness (QED) is 0.0806. The molecule has 0 saturated carbocycles. The molecule has 0 bridgehead atoms. The summed E-state index contributed by atoms with van der Waals surface area (Å²) in [6.45, 7) is 4.08. The average molecular weight is 507 g/mol. The summed E-state index contributed by atoms with van der Waals surface area (Å²) in [6, 6.07) is 16.2. The zero-order chi connectivity index (χ0) is 26.5. The van der Waals surface area contributed by atoms with E-state index in [1.165, 1.54) is 12.4 Å². The Hall–Kier alpha value is -4.66. The molecule has 0 fully saturated rings. The Morgan fingerprint density at radius 3 is 2.03 bits per heavy atom. The van der Waals surface area contributed by atoms with Gasteiger partial charge in [-0.05, 0) is 79.1 Å². The fraction of sp³-hybridized carbons (Fsp3) is 0.143. The summed E-state index contributed by atoms with van der Waals surface area (Å²) in [7, 11) is 0. The van der Waals surface area contributed by atoms with Gasteiger partial charge in [0.2, 0.25) is 0 Å². The first-order valence-corrected chi connectivity index (χ1v) is 11.3. The fourth-order valence-electron chi connectivity index (χ4n) is 2.95. The first-order valence-electron chi connectivity index (χ1n) is 11.3. The van der Waals surface area contributed by atoms with Crippen LogP contribution in [0.5, 0.6) is 11.5 Å². The van der Waals surface area contributed by atoms with Gasteiger partial charge in [-0.15, -0.1) is 0 Å². The largest absolute Gasteiger partial charge is 0.494 e. The van der Waals surface area contributed by atoms with Crippen molar-refractivity contribution >= 4 is 24.4 Å². The number of ether oxygens (including phenoxy) is 3. The second-order valence-corrected chi connectivity index (χ2v) is 7.60. The highest BCUT2D eigenvalue weighted by molar-refractivity contribution is 5.91. The number of hydrogen-bond acceptors (Lipinski definition) is 7. The van der Waals surface area contributed by atoms with Crippen LogP contribution in [0.1, 0.15) is 34.3 Å². The van der Waals surface area contributed by atoms with E-state index in [2.05, 4.69) is 16.8 Å². The maximum absolute atomic E-state index is 13.2. The Labute approximate surface area is 212 Å². The smallest absolute Gasteiger partial charge is 0.343 e. The molecule has 0 aliphatic carbocycles. The summed E-state index contributed by atoms with van der Waals surface area (Å²) < 4.78 is 42.2. The Bertz CT molecular complexity index is 1250. The van der Waals surface area contributed by atoms with Crippen LogP contribution in [0.15, 0.2) is 89.6 Å². The topological polar surface area (TPSA) is 86.5 Å². The number of halogens is 2. The summed E-state index contributed by atoms with van der Waals surface area (Å²) in [5.41, 5.74) is 1.29. The lowest BCUT2D eigenvalue weighted by molar-refractivity contribution is -0.137. The molecule has 0 unspecified atom stereocenters. The van der Waals surface area contributed by atoms with Gasteiger partial charge >= 0.3 is 11.9 Å². The molecule has 0 aromatic heterocycles. The first-order chi connectivity index (χ1) is 17.9. The summed E-state index contributed by atoms with van der Waals surface area (Å²) in [5.74, 6) is -1.41. The highest BCUT2D eigenvalue weighted by Gasteiger charge is 2.09. The highest BCUT2D eigenvalue weighted by atomic mass is 19.1. The highest BCUT2D eigenvalue weighted by Crippen LogP contribution is 2.17. The van der Waals surface area contributed by atoms with Gasteiger partial charge in [-0.1, -0.05) is 6.58 Å². The summed E-state index contributed by atoms with van der Waals surface area (Å²) in [6.07, 6.45) is 5.17. The van der Waals surface area contributed by atoms with Gasteiger partial charge < -0.3 is 14.2 Å². The van der Waals surface area contributed by atoms with Crippen LogP contribution in [0.4, 0.5) is 8.78 Å². The molecule has 9 heteroatoms. The van der Waals surface area contributed by atoms with Gasteiger partial charge in [-0.25, -0.2) is 18.4 Å². The third-order valence-corrected chi connectivity index (χ3v) is 4.76. The van der Waals surface area contributed by atoms with Crippen molar-refractivity contribution in [3.05, 3.63) is 108 Å². The van der Waals surface area contributed by atoms with Crippen molar-refractivity contribution in [1.29, 1.82) is 0 Å². The lowest BCUT2D eigenvalue weighted by Gasteiger charge is -2.08. The molecular weight excluding hydrogens is 482 g/mol. The molecule has 0 atom stereocenters. The van der Waals surface area contributed by atoms with Crippen molar-refractivity contribution in [3.8, 4) is 11.5 Å². The molecule has 0 N–H and O–H groups in total. The molecule has 7 nitrogen and oxygen atoms in total. The lowest BCUT2D eigenvalue weighted by Crippen LogP contribution is -2.08. The number of rotatable bonds is 12. The van der Waals surface area contributed by atoms with Gasteiger partial charge in [0, 0.05) is 17.7 Å². The fourth-order valence-corrected chi connectivity index (χ4v) is 2.95. The van der Waals surface area contributed by atoms with E-state index in [1.807, 2.05) is 0 Å². The number of esters is 2. The molecule has 3 rings (SSSR count). The van der Waals surface area contributed by atoms with Crippen molar-refractivity contribution in [2.75, 3.05) is 13.2 Å². The molecule has 0 amide bonds. The van der Waals surface area contributed by atoms with Crippen LogP contribution in [-0.2, 0) is 9.53 Å². The van der Waals surface area contributed by atoms with Crippen LogP contribution >= 0.6 is 0 Å². The Kier molecular flexibility index (Phi) is 10.2. The van der Waals surface area contributed by atoms with Crippen molar-refractivity contribution in [2.45, 2.75) is 12.8 Å². The van der Waals surface area contributed by atoms with Crippen LogP contribution < -0.4 is 9.47 Å². The van der Waals surface area contributed by atoms with Crippen LogP contribution in [0, 0.1) is 11.6 Å². The monoisotopic (exact) mass is 506 g/mol. The standard InChI is InChI=1S/C28H24F2N2O5/c1-2-27(33)36-14-4-3-13-35-25-11-7-22(8-12-25)28(34)37-26-9-5-20(6-10-26)18-31-32-19-21-15-23(29)17-24(30)16-21/h2,5-12,15-19H,1,3-4,13-14H2. The molecule has 37 heavy (non-hydrogen) atoms. The number of nitrogens with zero attached hydrogens (tertiary/aromatic N) is 2. The van der Waals surface area contributed by atoms with E-state index in [0.29, 0.717) is 48.7 Å². The van der Waals surface area contributed by atoms with Crippen molar-refractivity contribution in [2.24, 2.45) is 10.2 Å². The van der Waals surface area contributed by atoms with Gasteiger partial charge in [-0.3, -0.25) is 0 Å². The van der Waals surface area contributed by atoms with Crippen molar-refractivity contribution < 1.29 is 32.6 Å². The lowest BCUT2D eigenvalue weighted by atomic mass is 10.2. The van der Waals surface area contributed by atoms with Crippen molar-refractivity contribution in [3.63, 3.8) is 0 Å². The molecule has 0 radical (unpaired) electrons. The summed E-state index contributed by atoms with van der Waals surface area (Å²) in [5, 5.41) is 7.62. The second-order valence-electron chi connectivity index (χ2n) is 7.60. The number of carbonyl (C=O) groups is 2. The van der Waals surface area contributed by atoms with Gasteiger partial charge in [0.1, 0.15) is 23.1 Å². The third-order valence-electron chi connectivity index (χ3n) is 4.76. The van der Waals surface area contributed by atoms with E-state index >= 15 is 0 Å². The predicted octanol–water partition coefficient (Wildman–Crippen LogP) is 5.53. The molecule has 0 heterocycles. The van der Waals surface area contributed by atoms with E-state index in [-0.39, 0.29) is 5.56 Å². The van der Waals surface area contributed by atoms with E-state index in [1.54, 1.807) is 48.5 Å². The average Bonchev–Trinajstić information content (AvgIpc) is 2.89. The molecule has 0 aliphatic heterocycles. The number of unbranched alkanes of at least 4 members (excludes halogenated alkanes) is 1. The second kappa shape index (κ2) is 14.0. The zero-order valence-corrected chi connectivity index (χ0v) is 19.8. The van der Waals surface area contributed by atoms with Crippen LogP contribution in [-0.4, -0.2) is 37.6 Å². The molecule has 3 aromatic carbocycles. The maximum atomic E-state index is 13.2. The maximum Gasteiger partial charge on any atom is 0.343 e. The molecular formula is C28H24F2N2O5. The molecule has 0 saturated heterocycles. The first kappa shape index (κ1) is 26.9. The minimum Gasteiger partial charge on any atom is -0.494 e. The van der Waals surface area contributed by atoms with Gasteiger partial charge in [0.15, 0.2) is 0 Å². The summed E-state index contributed by atoms with van der Waals surface area (Å²) in [4.78, 5) is 23.4. The number of benzene rings is 3. The van der Waals surface area contributed by atoms with Crippen LogP contribution in [0.25, 0.3) is 0 Å². The Balaban J connectivity index is 1.43. The Morgan fingerprint density at radius 1 is 0.784 bits per heavy atom. The van der Waals surface area contributed by atoms with E-state index < -0.39 is 23.6 Å². The SMILES string of the molecule is C=CC(=O)OCCCCOc1ccc(C(=O)Oc2ccc(C=NN=Cc3cc(F)cc(F)c3)cc2)cc1. The summed E-state index contributed by atoms with van der Waals surface area (Å²) >= 11 is 0. The predicted molar refractivity (Wildman–Crippen MR) is 135 cm³/mol. The van der Waals surface area contributed by atoms with Crippen LogP contribution in [0.3, 0.4) is 0 Å². The molecule has 3 aromatic rings. The van der Waals surface area contributed by atoms with Gasteiger partial charge in [0.25, 0.3) is 0 Å². The van der Waals surface area contributed by atoms with Crippen molar-refractivity contribution in [1.82, 2.24) is 0 Å². The third kappa shape index (κ3) is 9.48. The number of hydrogen-bond donors (Lipinski definition) is 0. The van der Waals surface area contributed by atoms with Gasteiger partial charge in [-0.2, -0.15) is 10.2 Å². The zero-order valence-electron chi connectivity index (χ0n) is 19.8. The molecule has 190 valence electrons. The molecule has 0 spiro atoms. The van der Waals surface area contributed by atoms with E-state index in [4.69, 9.17) is 14.2 Å².